The molecule has 0 atom stereocenters. The Balaban J connectivity index is 2.31. The van der Waals surface area contributed by atoms with E-state index in [1.54, 1.807) is 30.8 Å². The van der Waals surface area contributed by atoms with E-state index >= 15 is 0 Å². The third-order valence-electron chi connectivity index (χ3n) is 2.92. The maximum atomic E-state index is 12.0. The molecule has 3 amide bonds. The van der Waals surface area contributed by atoms with Crippen molar-refractivity contribution >= 4 is 35.5 Å². The highest BCUT2D eigenvalue weighted by molar-refractivity contribution is 7.98. The number of Topliss-reactive ketones (excluding diaryl/α,β-unsaturated/α-hetero) is 1. The van der Waals surface area contributed by atoms with Crippen LogP contribution in [0.3, 0.4) is 0 Å². The summed E-state index contributed by atoms with van der Waals surface area (Å²) in [6, 6.07) is 6.44. The third-order valence-corrected chi connectivity index (χ3v) is 3.67. The minimum Gasteiger partial charge on any atom is -0.456 e. The molecular formula is C16H20N2O5S. The highest BCUT2D eigenvalue weighted by atomic mass is 32.2. The van der Waals surface area contributed by atoms with E-state index in [1.165, 1.54) is 0 Å². The average molecular weight is 352 g/mol. The van der Waals surface area contributed by atoms with Crippen molar-refractivity contribution in [1.82, 2.24) is 10.6 Å². The number of nitrogens with one attached hydrogen (secondary N) is 2. The number of benzene rings is 1. The van der Waals surface area contributed by atoms with Crippen LogP contribution in [0, 0.1) is 0 Å². The minimum absolute atomic E-state index is 0.00458. The van der Waals surface area contributed by atoms with Gasteiger partial charge >= 0.3 is 12.0 Å². The van der Waals surface area contributed by atoms with Gasteiger partial charge in [-0.3, -0.25) is 19.7 Å². The van der Waals surface area contributed by atoms with E-state index in [2.05, 4.69) is 5.32 Å². The molecule has 0 fully saturated rings. The zero-order chi connectivity index (χ0) is 17.9. The Morgan fingerprint density at radius 1 is 1.08 bits per heavy atom. The molecule has 0 saturated heterocycles. The standard InChI is InChI=1S/C16H20N2O5S/c1-3-17-16(22)18-14(20)10-23-15(21)9-8-13(19)11-4-6-12(24-2)7-5-11/h4-7H,3,8-10H2,1-2H3,(H2,17,18,20,22). The first kappa shape index (κ1) is 19.7. The molecule has 0 bridgehead atoms. The quantitative estimate of drug-likeness (QED) is 0.420. The lowest BCUT2D eigenvalue weighted by atomic mass is 10.1. The molecule has 0 aliphatic rings. The lowest BCUT2D eigenvalue weighted by Crippen LogP contribution is -2.41. The van der Waals surface area contributed by atoms with E-state index in [9.17, 15) is 19.2 Å². The van der Waals surface area contributed by atoms with Crippen LogP contribution in [0.25, 0.3) is 0 Å². The van der Waals surface area contributed by atoms with Crippen LogP contribution < -0.4 is 10.6 Å². The fraction of sp³-hybridized carbons (Fsp3) is 0.375. The number of esters is 1. The van der Waals surface area contributed by atoms with Gasteiger partial charge in [0.1, 0.15) is 0 Å². The predicted octanol–water partition coefficient (Wildman–Crippen LogP) is 1.76. The molecule has 0 aliphatic carbocycles. The monoisotopic (exact) mass is 352 g/mol. The summed E-state index contributed by atoms with van der Waals surface area (Å²) < 4.78 is 4.72. The lowest BCUT2D eigenvalue weighted by molar-refractivity contribution is -0.148. The SMILES string of the molecule is CCNC(=O)NC(=O)COC(=O)CCC(=O)c1ccc(SC)cc1. The molecule has 1 rings (SSSR count). The minimum atomic E-state index is -0.728. The van der Waals surface area contributed by atoms with Crippen molar-refractivity contribution in [3.63, 3.8) is 0 Å². The van der Waals surface area contributed by atoms with Gasteiger partial charge in [0.2, 0.25) is 0 Å². The van der Waals surface area contributed by atoms with Gasteiger partial charge in [0.15, 0.2) is 12.4 Å². The van der Waals surface area contributed by atoms with E-state index in [-0.39, 0.29) is 18.6 Å². The van der Waals surface area contributed by atoms with Crippen LogP contribution >= 0.6 is 11.8 Å². The van der Waals surface area contributed by atoms with E-state index in [0.29, 0.717) is 12.1 Å². The first-order valence-electron chi connectivity index (χ1n) is 7.36. The number of carbonyl (C=O) groups excluding carboxylic acids is 4. The smallest absolute Gasteiger partial charge is 0.321 e. The van der Waals surface area contributed by atoms with Gasteiger partial charge in [-0.05, 0) is 25.3 Å². The predicted molar refractivity (Wildman–Crippen MR) is 90.0 cm³/mol. The van der Waals surface area contributed by atoms with Crippen LogP contribution in [0.2, 0.25) is 0 Å². The first-order valence-corrected chi connectivity index (χ1v) is 8.59. The van der Waals surface area contributed by atoms with Crippen LogP contribution in [0.1, 0.15) is 30.1 Å². The second-order valence-electron chi connectivity index (χ2n) is 4.72. The first-order chi connectivity index (χ1) is 11.5. The topological polar surface area (TPSA) is 102 Å². The maximum absolute atomic E-state index is 12.0. The van der Waals surface area contributed by atoms with Gasteiger partial charge in [0, 0.05) is 23.4 Å². The highest BCUT2D eigenvalue weighted by Crippen LogP contribution is 2.16. The molecule has 0 heterocycles. The molecule has 0 aliphatic heterocycles. The van der Waals surface area contributed by atoms with Gasteiger partial charge in [-0.25, -0.2) is 4.79 Å². The van der Waals surface area contributed by atoms with Crippen molar-refractivity contribution in [1.29, 1.82) is 0 Å². The Kier molecular flexibility index (Phi) is 8.56. The van der Waals surface area contributed by atoms with Crippen molar-refractivity contribution in [3.05, 3.63) is 29.8 Å². The number of amides is 3. The Morgan fingerprint density at radius 2 is 1.75 bits per heavy atom. The number of imide groups is 1. The molecule has 0 spiro atoms. The fourth-order valence-corrected chi connectivity index (χ4v) is 2.13. The van der Waals surface area contributed by atoms with E-state index < -0.39 is 24.5 Å². The summed E-state index contributed by atoms with van der Waals surface area (Å²) in [7, 11) is 0. The van der Waals surface area contributed by atoms with Crippen LogP contribution in [-0.2, 0) is 14.3 Å². The molecule has 0 unspecified atom stereocenters. The van der Waals surface area contributed by atoms with Crippen LogP contribution in [0.15, 0.2) is 29.2 Å². The molecule has 7 nitrogen and oxygen atoms in total. The van der Waals surface area contributed by atoms with Gasteiger partial charge in [-0.15, -0.1) is 11.8 Å². The zero-order valence-corrected chi connectivity index (χ0v) is 14.4. The largest absolute Gasteiger partial charge is 0.456 e. The van der Waals surface area contributed by atoms with Crippen LogP contribution in [0.4, 0.5) is 4.79 Å². The van der Waals surface area contributed by atoms with Crippen molar-refractivity contribution < 1.29 is 23.9 Å². The number of carbonyl (C=O) groups is 4. The van der Waals surface area contributed by atoms with Crippen LogP contribution in [-0.4, -0.2) is 43.1 Å². The summed E-state index contributed by atoms with van der Waals surface area (Å²) >= 11 is 1.57. The molecule has 0 aromatic heterocycles. The summed E-state index contributed by atoms with van der Waals surface area (Å²) in [5.74, 6) is -1.57. The van der Waals surface area contributed by atoms with Crippen molar-refractivity contribution in [2.45, 2.75) is 24.7 Å². The molecule has 24 heavy (non-hydrogen) atoms. The average Bonchev–Trinajstić information content (AvgIpc) is 2.58. The Bertz CT molecular complexity index is 601. The van der Waals surface area contributed by atoms with Crippen LogP contribution in [0.5, 0.6) is 0 Å². The number of ketones is 1. The number of hydrogen-bond donors (Lipinski definition) is 2. The second-order valence-corrected chi connectivity index (χ2v) is 5.60. The summed E-state index contributed by atoms with van der Waals surface area (Å²) in [4.78, 5) is 47.0. The summed E-state index contributed by atoms with van der Waals surface area (Å²) in [6.45, 7) is 1.52. The molecule has 0 saturated carbocycles. The number of thioether (sulfide) groups is 1. The Labute approximate surface area is 144 Å². The second kappa shape index (κ2) is 10.4. The molecule has 0 radical (unpaired) electrons. The van der Waals surface area contributed by atoms with Gasteiger partial charge in [-0.2, -0.15) is 0 Å². The van der Waals surface area contributed by atoms with Crippen molar-refractivity contribution in [2.24, 2.45) is 0 Å². The highest BCUT2D eigenvalue weighted by Gasteiger charge is 2.13. The van der Waals surface area contributed by atoms with Gasteiger partial charge in [0.05, 0.1) is 6.42 Å². The van der Waals surface area contributed by atoms with Gasteiger partial charge in [-0.1, -0.05) is 12.1 Å². The Morgan fingerprint density at radius 3 is 2.33 bits per heavy atom. The van der Waals surface area contributed by atoms with E-state index in [4.69, 9.17) is 4.74 Å². The van der Waals surface area contributed by atoms with E-state index in [0.717, 1.165) is 4.90 Å². The summed E-state index contributed by atoms with van der Waals surface area (Å²) in [5.41, 5.74) is 0.523. The number of ether oxygens (including phenoxy) is 1. The molecule has 1 aromatic rings. The number of urea groups is 1. The van der Waals surface area contributed by atoms with Crippen molar-refractivity contribution in [2.75, 3.05) is 19.4 Å². The van der Waals surface area contributed by atoms with E-state index in [1.807, 2.05) is 23.7 Å². The van der Waals surface area contributed by atoms with Gasteiger partial charge in [0.25, 0.3) is 5.91 Å². The maximum Gasteiger partial charge on any atom is 0.321 e. The third kappa shape index (κ3) is 7.28. The zero-order valence-electron chi connectivity index (χ0n) is 13.6. The summed E-state index contributed by atoms with van der Waals surface area (Å²) in [6.07, 6.45) is 1.81. The number of hydrogen-bond acceptors (Lipinski definition) is 6. The molecule has 2 N–H and O–H groups in total. The van der Waals surface area contributed by atoms with Crippen molar-refractivity contribution in [3.8, 4) is 0 Å². The molecular weight excluding hydrogens is 332 g/mol. The molecule has 130 valence electrons. The normalized spacial score (nSPS) is 9.92. The molecule has 1 aromatic carbocycles. The lowest BCUT2D eigenvalue weighted by Gasteiger charge is -2.06. The summed E-state index contributed by atoms with van der Waals surface area (Å²) in [5, 5.41) is 4.38. The number of rotatable bonds is 8. The van der Waals surface area contributed by atoms with Gasteiger partial charge < -0.3 is 10.1 Å². The molecule has 8 heteroatoms. The fourth-order valence-electron chi connectivity index (χ4n) is 1.72. The Hall–Kier alpha value is -2.35.